The summed E-state index contributed by atoms with van der Waals surface area (Å²) in [6, 6.07) is 4.54. The van der Waals surface area contributed by atoms with Crippen molar-refractivity contribution in [2.24, 2.45) is 0 Å². The van der Waals surface area contributed by atoms with Crippen LogP contribution < -0.4 is 0 Å². The van der Waals surface area contributed by atoms with Crippen molar-refractivity contribution in [3.63, 3.8) is 0 Å². The second kappa shape index (κ2) is 5.95. The predicted molar refractivity (Wildman–Crippen MR) is 73.2 cm³/mol. The maximum atomic E-state index is 12.2. The van der Waals surface area contributed by atoms with E-state index in [0.717, 1.165) is 0 Å². The fourth-order valence-corrected chi connectivity index (χ4v) is 2.15. The molecule has 0 heterocycles. The highest BCUT2D eigenvalue weighted by Crippen LogP contribution is 2.22. The SMILES string of the molecule is Cc1c(C(=O)N(C)CC(C)Br)cccc1[N+](=O)[O-]. The highest BCUT2D eigenvalue weighted by atomic mass is 79.9. The van der Waals surface area contributed by atoms with Crippen LogP contribution in [0.25, 0.3) is 0 Å². The lowest BCUT2D eigenvalue weighted by Crippen LogP contribution is -2.31. The van der Waals surface area contributed by atoms with Gasteiger partial charge in [-0.1, -0.05) is 28.9 Å². The van der Waals surface area contributed by atoms with Gasteiger partial charge in [0, 0.05) is 35.6 Å². The topological polar surface area (TPSA) is 63.5 Å². The lowest BCUT2D eigenvalue weighted by atomic mass is 10.1. The van der Waals surface area contributed by atoms with Gasteiger partial charge in [-0.25, -0.2) is 0 Å². The Hall–Kier alpha value is -1.43. The Kier molecular flexibility index (Phi) is 4.84. The summed E-state index contributed by atoms with van der Waals surface area (Å²) < 4.78 is 0. The quantitative estimate of drug-likeness (QED) is 0.487. The van der Waals surface area contributed by atoms with E-state index in [0.29, 0.717) is 17.7 Å². The first-order valence-electron chi connectivity index (χ1n) is 5.48. The fraction of sp³-hybridized carbons (Fsp3) is 0.417. The number of amides is 1. The van der Waals surface area contributed by atoms with Crippen LogP contribution in [0.2, 0.25) is 0 Å². The van der Waals surface area contributed by atoms with Crippen LogP contribution >= 0.6 is 15.9 Å². The van der Waals surface area contributed by atoms with Gasteiger partial charge in [0.15, 0.2) is 0 Å². The number of carbonyl (C=O) groups excluding carboxylic acids is 1. The molecule has 0 saturated carbocycles. The first-order chi connectivity index (χ1) is 8.34. The summed E-state index contributed by atoms with van der Waals surface area (Å²) in [7, 11) is 1.68. The van der Waals surface area contributed by atoms with Crippen molar-refractivity contribution in [2.75, 3.05) is 13.6 Å². The predicted octanol–water partition coefficient (Wildman–Crippen LogP) is 2.76. The minimum atomic E-state index is -0.473. The van der Waals surface area contributed by atoms with Crippen LogP contribution in [0.3, 0.4) is 0 Å². The molecular formula is C12H15BrN2O3. The van der Waals surface area contributed by atoms with Gasteiger partial charge in [0.05, 0.1) is 4.92 Å². The monoisotopic (exact) mass is 314 g/mol. The number of benzene rings is 1. The molecule has 5 nitrogen and oxygen atoms in total. The number of carbonyl (C=O) groups is 1. The van der Waals surface area contributed by atoms with Crippen molar-refractivity contribution in [1.82, 2.24) is 4.90 Å². The average molecular weight is 315 g/mol. The zero-order valence-electron chi connectivity index (χ0n) is 10.5. The minimum absolute atomic E-state index is 0.0267. The number of nitro groups is 1. The first kappa shape index (κ1) is 14.6. The van der Waals surface area contributed by atoms with E-state index in [1.54, 1.807) is 24.9 Å². The standard InChI is InChI=1S/C12H15BrN2O3/c1-8(13)7-14(3)12(16)10-5-4-6-11(9(10)2)15(17)18/h4-6,8H,7H2,1-3H3. The fourth-order valence-electron chi connectivity index (χ4n) is 1.72. The molecule has 0 fully saturated rings. The van der Waals surface area contributed by atoms with E-state index < -0.39 is 4.92 Å². The number of hydrogen-bond donors (Lipinski definition) is 0. The van der Waals surface area contributed by atoms with Crippen molar-refractivity contribution in [3.05, 3.63) is 39.4 Å². The van der Waals surface area contributed by atoms with E-state index in [4.69, 9.17) is 0 Å². The third-order valence-electron chi connectivity index (χ3n) is 2.60. The molecule has 1 aromatic carbocycles. The molecule has 0 bridgehead atoms. The van der Waals surface area contributed by atoms with Crippen LogP contribution in [0.1, 0.15) is 22.8 Å². The van der Waals surface area contributed by atoms with Crippen molar-refractivity contribution >= 4 is 27.5 Å². The molecule has 1 aromatic rings. The number of nitrogens with zero attached hydrogens (tertiary/aromatic N) is 2. The smallest absolute Gasteiger partial charge is 0.273 e. The summed E-state index contributed by atoms with van der Waals surface area (Å²) in [5, 5.41) is 10.8. The van der Waals surface area contributed by atoms with Crippen molar-refractivity contribution in [1.29, 1.82) is 0 Å². The molecule has 6 heteroatoms. The van der Waals surface area contributed by atoms with E-state index in [9.17, 15) is 14.9 Å². The summed E-state index contributed by atoms with van der Waals surface area (Å²) in [5.74, 6) is -0.206. The normalized spacial score (nSPS) is 12.0. The molecule has 0 saturated heterocycles. The lowest BCUT2D eigenvalue weighted by Gasteiger charge is -2.19. The zero-order valence-corrected chi connectivity index (χ0v) is 12.1. The van der Waals surface area contributed by atoms with Crippen molar-refractivity contribution in [2.45, 2.75) is 18.7 Å². The third kappa shape index (κ3) is 3.29. The second-order valence-corrected chi connectivity index (χ2v) is 5.74. The summed E-state index contributed by atoms with van der Waals surface area (Å²) >= 11 is 3.37. The molecule has 0 aliphatic carbocycles. The van der Waals surface area contributed by atoms with Gasteiger partial charge in [0.2, 0.25) is 0 Å². The highest BCUT2D eigenvalue weighted by Gasteiger charge is 2.20. The van der Waals surface area contributed by atoms with E-state index in [1.165, 1.54) is 12.1 Å². The van der Waals surface area contributed by atoms with Gasteiger partial charge in [0.1, 0.15) is 0 Å². The van der Waals surface area contributed by atoms with Gasteiger partial charge in [0.25, 0.3) is 11.6 Å². The van der Waals surface area contributed by atoms with Crippen LogP contribution in [-0.4, -0.2) is 34.2 Å². The van der Waals surface area contributed by atoms with Gasteiger partial charge >= 0.3 is 0 Å². The van der Waals surface area contributed by atoms with Crippen LogP contribution in [-0.2, 0) is 0 Å². The third-order valence-corrected chi connectivity index (χ3v) is 2.89. The summed E-state index contributed by atoms with van der Waals surface area (Å²) in [6.45, 7) is 4.07. The summed E-state index contributed by atoms with van der Waals surface area (Å²) in [4.78, 5) is 24.2. The van der Waals surface area contributed by atoms with E-state index in [1.807, 2.05) is 6.92 Å². The van der Waals surface area contributed by atoms with Crippen LogP contribution in [0.15, 0.2) is 18.2 Å². The van der Waals surface area contributed by atoms with E-state index in [-0.39, 0.29) is 16.4 Å². The van der Waals surface area contributed by atoms with E-state index in [2.05, 4.69) is 15.9 Å². The minimum Gasteiger partial charge on any atom is -0.341 e. The molecule has 98 valence electrons. The van der Waals surface area contributed by atoms with Gasteiger partial charge in [-0.2, -0.15) is 0 Å². The van der Waals surface area contributed by atoms with Gasteiger partial charge in [-0.15, -0.1) is 0 Å². The lowest BCUT2D eigenvalue weighted by molar-refractivity contribution is -0.385. The van der Waals surface area contributed by atoms with Gasteiger partial charge in [-0.05, 0) is 13.0 Å². The molecule has 1 atom stereocenters. The highest BCUT2D eigenvalue weighted by molar-refractivity contribution is 9.09. The Morgan fingerprint density at radius 1 is 1.56 bits per heavy atom. The Labute approximate surface area is 114 Å². The molecule has 0 aliphatic rings. The molecule has 1 unspecified atom stereocenters. The Morgan fingerprint density at radius 2 is 2.17 bits per heavy atom. The maximum Gasteiger partial charge on any atom is 0.273 e. The van der Waals surface area contributed by atoms with Gasteiger partial charge in [-0.3, -0.25) is 14.9 Å². The molecule has 0 N–H and O–H groups in total. The Morgan fingerprint density at radius 3 is 2.67 bits per heavy atom. The van der Waals surface area contributed by atoms with Crippen LogP contribution in [0.4, 0.5) is 5.69 Å². The summed E-state index contributed by atoms with van der Waals surface area (Å²) in [5.41, 5.74) is 0.752. The van der Waals surface area contributed by atoms with Crippen LogP contribution in [0, 0.1) is 17.0 Å². The number of hydrogen-bond acceptors (Lipinski definition) is 3. The molecular weight excluding hydrogens is 300 g/mol. The maximum absolute atomic E-state index is 12.2. The van der Waals surface area contributed by atoms with Gasteiger partial charge < -0.3 is 4.90 Å². The van der Waals surface area contributed by atoms with E-state index >= 15 is 0 Å². The molecule has 0 radical (unpaired) electrons. The molecule has 0 aliphatic heterocycles. The first-order valence-corrected chi connectivity index (χ1v) is 6.39. The number of nitro benzene ring substituents is 1. The average Bonchev–Trinajstić information content (AvgIpc) is 2.27. The molecule has 18 heavy (non-hydrogen) atoms. The van der Waals surface area contributed by atoms with Crippen molar-refractivity contribution < 1.29 is 9.72 Å². The number of alkyl halides is 1. The van der Waals surface area contributed by atoms with Crippen molar-refractivity contribution in [3.8, 4) is 0 Å². The largest absolute Gasteiger partial charge is 0.341 e. The Balaban J connectivity index is 3.07. The summed E-state index contributed by atoms with van der Waals surface area (Å²) in [6.07, 6.45) is 0. The number of halogens is 1. The molecule has 1 amide bonds. The Bertz CT molecular complexity index is 474. The second-order valence-electron chi connectivity index (χ2n) is 4.17. The molecule has 0 spiro atoms. The molecule has 0 aromatic heterocycles. The molecule has 1 rings (SSSR count). The number of rotatable bonds is 4. The van der Waals surface area contributed by atoms with Crippen LogP contribution in [0.5, 0.6) is 0 Å². The zero-order chi connectivity index (χ0) is 13.9.